The number of hydrogen-bond donors (Lipinski definition) is 2. The molecule has 0 unspecified atom stereocenters. The van der Waals surface area contributed by atoms with E-state index in [1.165, 1.54) is 0 Å². The Kier molecular flexibility index (Phi) is 4.04. The summed E-state index contributed by atoms with van der Waals surface area (Å²) >= 11 is 6.08. The first-order valence-corrected chi connectivity index (χ1v) is 7.36. The number of amides is 2. The fourth-order valence-corrected chi connectivity index (χ4v) is 2.63. The fourth-order valence-electron chi connectivity index (χ4n) is 2.46. The van der Waals surface area contributed by atoms with Gasteiger partial charge in [-0.05, 0) is 30.3 Å². The molecule has 23 heavy (non-hydrogen) atoms. The first kappa shape index (κ1) is 15.1. The van der Waals surface area contributed by atoms with E-state index >= 15 is 0 Å². The van der Waals surface area contributed by atoms with Gasteiger partial charge in [0.2, 0.25) is 0 Å². The van der Waals surface area contributed by atoms with Crippen molar-refractivity contribution < 1.29 is 4.79 Å². The third-order valence-electron chi connectivity index (χ3n) is 3.53. The van der Waals surface area contributed by atoms with Crippen LogP contribution in [0.2, 0.25) is 5.02 Å². The topological polar surface area (TPSA) is 77.1 Å². The maximum Gasteiger partial charge on any atom is 0.312 e. The van der Waals surface area contributed by atoms with Gasteiger partial charge in [-0.15, -0.1) is 0 Å². The molecule has 3 rings (SSSR count). The van der Waals surface area contributed by atoms with Crippen molar-refractivity contribution in [1.29, 1.82) is 0 Å². The number of primary amides is 1. The predicted octanol–water partition coefficient (Wildman–Crippen LogP) is 2.81. The van der Waals surface area contributed by atoms with Crippen LogP contribution in [0, 0.1) is 0 Å². The van der Waals surface area contributed by atoms with Gasteiger partial charge in [0, 0.05) is 34.4 Å². The summed E-state index contributed by atoms with van der Waals surface area (Å²) in [5.41, 5.74) is 6.98. The number of pyridine rings is 1. The molecule has 116 valence electrons. The highest BCUT2D eigenvalue weighted by molar-refractivity contribution is 6.31. The second kappa shape index (κ2) is 6.14. The van der Waals surface area contributed by atoms with Gasteiger partial charge in [-0.1, -0.05) is 29.8 Å². The number of nitrogens with one attached hydrogen (secondary N) is 1. The monoisotopic (exact) mass is 327 g/mol. The van der Waals surface area contributed by atoms with E-state index in [9.17, 15) is 9.59 Å². The van der Waals surface area contributed by atoms with Crippen molar-refractivity contribution in [3.63, 3.8) is 0 Å². The summed E-state index contributed by atoms with van der Waals surface area (Å²) in [6.07, 6.45) is 1.70. The molecule has 3 N–H and O–H groups in total. The molecule has 0 saturated carbocycles. The summed E-state index contributed by atoms with van der Waals surface area (Å²) in [4.78, 5) is 23.5. The van der Waals surface area contributed by atoms with Crippen LogP contribution < -0.4 is 16.5 Å². The Bertz CT molecular complexity index is 936. The van der Waals surface area contributed by atoms with Crippen molar-refractivity contribution in [2.45, 2.75) is 6.54 Å². The molecule has 0 saturated heterocycles. The lowest BCUT2D eigenvalue weighted by molar-refractivity contribution is 0.248. The van der Waals surface area contributed by atoms with E-state index < -0.39 is 6.03 Å². The Morgan fingerprint density at radius 2 is 1.91 bits per heavy atom. The van der Waals surface area contributed by atoms with E-state index in [-0.39, 0.29) is 12.0 Å². The molecule has 1 aromatic heterocycles. The number of urea groups is 1. The molecular formula is C17H14ClN3O2. The summed E-state index contributed by atoms with van der Waals surface area (Å²) in [7, 11) is 0. The molecule has 2 aromatic carbocycles. The van der Waals surface area contributed by atoms with Gasteiger partial charge in [-0.25, -0.2) is 4.79 Å². The number of rotatable bonds is 3. The summed E-state index contributed by atoms with van der Waals surface area (Å²) in [6, 6.07) is 14.0. The number of fused-ring (bicyclic) bond motifs is 1. The Balaban J connectivity index is 2.27. The van der Waals surface area contributed by atoms with Crippen molar-refractivity contribution in [2.24, 2.45) is 5.73 Å². The minimum atomic E-state index is -0.674. The van der Waals surface area contributed by atoms with Crippen molar-refractivity contribution in [2.75, 3.05) is 0 Å². The Hall–Kier alpha value is -2.79. The standard InChI is InChI=1S/C17H14ClN3O2/c18-12-6-7-14-15(8-12)21(13-4-2-1-3-5-13)10-11(16(14)22)9-20-17(19)23/h1-8,10H,9H2,(H3,19,20,23). The zero-order valence-corrected chi connectivity index (χ0v) is 12.9. The van der Waals surface area contributed by atoms with Crippen LogP contribution in [-0.4, -0.2) is 10.6 Å². The Labute approximate surface area is 137 Å². The quantitative estimate of drug-likeness (QED) is 0.776. The number of para-hydroxylation sites is 1. The summed E-state index contributed by atoms with van der Waals surface area (Å²) < 4.78 is 1.88. The molecule has 6 heteroatoms. The molecule has 0 fully saturated rings. The SMILES string of the molecule is NC(=O)NCc1cn(-c2ccccc2)c2cc(Cl)ccc2c1=O. The van der Waals surface area contributed by atoms with Gasteiger partial charge in [0.1, 0.15) is 0 Å². The van der Waals surface area contributed by atoms with Gasteiger partial charge >= 0.3 is 6.03 Å². The molecular weight excluding hydrogens is 314 g/mol. The van der Waals surface area contributed by atoms with Crippen molar-refractivity contribution >= 4 is 28.5 Å². The maximum absolute atomic E-state index is 12.6. The second-order valence-electron chi connectivity index (χ2n) is 5.07. The molecule has 5 nitrogen and oxygen atoms in total. The molecule has 0 aliphatic heterocycles. The minimum absolute atomic E-state index is 0.0690. The second-order valence-corrected chi connectivity index (χ2v) is 5.50. The number of hydrogen-bond acceptors (Lipinski definition) is 2. The van der Waals surface area contributed by atoms with Crippen LogP contribution in [-0.2, 0) is 6.54 Å². The zero-order chi connectivity index (χ0) is 16.4. The number of carbonyl (C=O) groups excluding carboxylic acids is 1. The molecule has 0 radical (unpaired) electrons. The van der Waals surface area contributed by atoms with Crippen molar-refractivity contribution in [1.82, 2.24) is 9.88 Å². The highest BCUT2D eigenvalue weighted by Gasteiger charge is 2.11. The summed E-state index contributed by atoms with van der Waals surface area (Å²) in [6.45, 7) is 0.0690. The van der Waals surface area contributed by atoms with Crippen LogP contribution in [0.5, 0.6) is 0 Å². The van der Waals surface area contributed by atoms with Crippen LogP contribution in [0.1, 0.15) is 5.56 Å². The van der Waals surface area contributed by atoms with Gasteiger partial charge in [-0.3, -0.25) is 4.79 Å². The smallest absolute Gasteiger partial charge is 0.312 e. The number of nitrogens with zero attached hydrogens (tertiary/aromatic N) is 1. The lowest BCUT2D eigenvalue weighted by Gasteiger charge is -2.14. The molecule has 0 aliphatic rings. The van der Waals surface area contributed by atoms with Crippen LogP contribution in [0.3, 0.4) is 0 Å². The van der Waals surface area contributed by atoms with Crippen molar-refractivity contribution in [3.05, 3.63) is 75.5 Å². The maximum atomic E-state index is 12.6. The molecule has 0 aliphatic carbocycles. The summed E-state index contributed by atoms with van der Waals surface area (Å²) in [5, 5.41) is 3.53. The van der Waals surface area contributed by atoms with E-state index in [2.05, 4.69) is 5.32 Å². The van der Waals surface area contributed by atoms with Crippen LogP contribution in [0.4, 0.5) is 4.79 Å². The predicted molar refractivity (Wildman–Crippen MR) is 91.0 cm³/mol. The lowest BCUT2D eigenvalue weighted by Crippen LogP contribution is -2.31. The van der Waals surface area contributed by atoms with Gasteiger partial charge in [-0.2, -0.15) is 0 Å². The third kappa shape index (κ3) is 3.05. The normalized spacial score (nSPS) is 10.7. The van der Waals surface area contributed by atoms with Crippen molar-refractivity contribution in [3.8, 4) is 5.69 Å². The van der Waals surface area contributed by atoms with Gasteiger partial charge < -0.3 is 15.6 Å². The average Bonchev–Trinajstić information content (AvgIpc) is 2.55. The molecule has 1 heterocycles. The molecule has 0 spiro atoms. The zero-order valence-electron chi connectivity index (χ0n) is 12.1. The highest BCUT2D eigenvalue weighted by Crippen LogP contribution is 2.21. The van der Waals surface area contributed by atoms with Crippen LogP contribution >= 0.6 is 11.6 Å². The average molecular weight is 328 g/mol. The number of benzene rings is 2. The fraction of sp³-hybridized carbons (Fsp3) is 0.0588. The highest BCUT2D eigenvalue weighted by atomic mass is 35.5. The molecule has 0 atom stereocenters. The van der Waals surface area contributed by atoms with Crippen LogP contribution in [0.15, 0.2) is 59.5 Å². The number of nitrogens with two attached hydrogens (primary N) is 1. The largest absolute Gasteiger partial charge is 0.352 e. The number of aromatic nitrogens is 1. The first-order valence-electron chi connectivity index (χ1n) is 6.99. The Morgan fingerprint density at radius 3 is 2.61 bits per heavy atom. The van der Waals surface area contributed by atoms with Gasteiger partial charge in [0.05, 0.1) is 5.52 Å². The van der Waals surface area contributed by atoms with E-state index in [1.54, 1.807) is 24.4 Å². The van der Waals surface area contributed by atoms with E-state index in [0.717, 1.165) is 5.69 Å². The van der Waals surface area contributed by atoms with Gasteiger partial charge in [0.15, 0.2) is 5.43 Å². The molecule has 2 amide bonds. The van der Waals surface area contributed by atoms with Crippen LogP contribution in [0.25, 0.3) is 16.6 Å². The van der Waals surface area contributed by atoms with Gasteiger partial charge in [0.25, 0.3) is 0 Å². The third-order valence-corrected chi connectivity index (χ3v) is 3.76. The Morgan fingerprint density at radius 1 is 1.17 bits per heavy atom. The lowest BCUT2D eigenvalue weighted by atomic mass is 10.1. The first-order chi connectivity index (χ1) is 11.1. The molecule has 0 bridgehead atoms. The summed E-state index contributed by atoms with van der Waals surface area (Å²) in [5.74, 6) is 0. The van der Waals surface area contributed by atoms with E-state index in [1.807, 2.05) is 34.9 Å². The molecule has 3 aromatic rings. The number of carbonyl (C=O) groups is 1. The van der Waals surface area contributed by atoms with E-state index in [4.69, 9.17) is 17.3 Å². The number of halogens is 1. The minimum Gasteiger partial charge on any atom is -0.352 e. The van der Waals surface area contributed by atoms with E-state index in [0.29, 0.717) is 21.5 Å².